The van der Waals surface area contributed by atoms with E-state index in [9.17, 15) is 9.59 Å². The van der Waals surface area contributed by atoms with E-state index >= 15 is 0 Å². The molecule has 0 atom stereocenters. The first-order valence-corrected chi connectivity index (χ1v) is 8.83. The number of para-hydroxylation sites is 1. The Hall–Kier alpha value is -2.82. The number of ether oxygens (including phenoxy) is 1. The van der Waals surface area contributed by atoms with Crippen molar-refractivity contribution in [1.82, 2.24) is 5.32 Å². The third-order valence-electron chi connectivity index (χ3n) is 3.85. The molecule has 0 aromatic heterocycles. The summed E-state index contributed by atoms with van der Waals surface area (Å²) in [5.41, 5.74) is 0.664. The van der Waals surface area contributed by atoms with Gasteiger partial charge in [-0.3, -0.25) is 9.59 Å². The molecule has 1 N–H and O–H groups in total. The quantitative estimate of drug-likeness (QED) is 0.780. The number of carbonyl (C=O) groups excluding carboxylic acids is 2. The summed E-state index contributed by atoms with van der Waals surface area (Å²) in [4.78, 5) is 25.5. The molecule has 2 rings (SSSR count). The van der Waals surface area contributed by atoms with Crippen LogP contribution < -0.4 is 15.0 Å². The lowest BCUT2D eigenvalue weighted by Crippen LogP contribution is -2.40. The van der Waals surface area contributed by atoms with Crippen molar-refractivity contribution in [3.05, 3.63) is 54.6 Å². The predicted octanol–water partition coefficient (Wildman–Crippen LogP) is 3.99. The number of hydrogen-bond donors (Lipinski definition) is 1. The van der Waals surface area contributed by atoms with E-state index in [0.717, 1.165) is 12.2 Å². The van der Waals surface area contributed by atoms with Crippen LogP contribution in [0.3, 0.4) is 0 Å². The summed E-state index contributed by atoms with van der Waals surface area (Å²) < 4.78 is 5.75. The van der Waals surface area contributed by atoms with Crippen LogP contribution in [0.25, 0.3) is 0 Å². The molecule has 5 nitrogen and oxygen atoms in total. The van der Waals surface area contributed by atoms with Gasteiger partial charge in [-0.2, -0.15) is 0 Å². The van der Waals surface area contributed by atoms with Crippen molar-refractivity contribution in [3.8, 4) is 11.5 Å². The zero-order valence-electron chi connectivity index (χ0n) is 15.6. The molecule has 0 aliphatic rings. The summed E-state index contributed by atoms with van der Waals surface area (Å²) in [5.74, 6) is 1.60. The maximum Gasteiger partial charge on any atom is 0.240 e. The van der Waals surface area contributed by atoms with Crippen LogP contribution >= 0.6 is 0 Å². The van der Waals surface area contributed by atoms with Gasteiger partial charge < -0.3 is 15.0 Å². The van der Waals surface area contributed by atoms with Crippen LogP contribution in [0.2, 0.25) is 0 Å². The summed E-state index contributed by atoms with van der Waals surface area (Å²) in [7, 11) is 0. The Bertz CT molecular complexity index is 712. The molecule has 0 bridgehead atoms. The van der Waals surface area contributed by atoms with Crippen molar-refractivity contribution >= 4 is 17.5 Å². The topological polar surface area (TPSA) is 58.6 Å². The number of rotatable bonds is 8. The second-order valence-corrected chi connectivity index (χ2v) is 6.55. The molecule has 0 unspecified atom stereocenters. The summed E-state index contributed by atoms with van der Waals surface area (Å²) in [6.07, 6.45) is 0.914. The molecule has 0 saturated carbocycles. The highest BCUT2D eigenvalue weighted by Crippen LogP contribution is 2.24. The average molecular weight is 354 g/mol. The van der Waals surface area contributed by atoms with Crippen molar-refractivity contribution in [2.75, 3.05) is 18.0 Å². The molecule has 0 spiro atoms. The highest BCUT2D eigenvalue weighted by Gasteiger charge is 2.15. The van der Waals surface area contributed by atoms with Crippen molar-refractivity contribution in [2.45, 2.75) is 27.2 Å². The van der Waals surface area contributed by atoms with Crippen LogP contribution in [-0.2, 0) is 9.59 Å². The largest absolute Gasteiger partial charge is 0.457 e. The van der Waals surface area contributed by atoms with Gasteiger partial charge in [0.15, 0.2) is 0 Å². The lowest BCUT2D eigenvalue weighted by molar-refractivity contribution is -0.123. The SMILES string of the molecule is CC(=O)N(CC(=O)NCCC(C)C)c1ccc(Oc2ccccc2)cc1. The lowest BCUT2D eigenvalue weighted by atomic mass is 10.1. The Labute approximate surface area is 155 Å². The van der Waals surface area contributed by atoms with Gasteiger partial charge in [0.25, 0.3) is 0 Å². The number of hydrogen-bond acceptors (Lipinski definition) is 3. The Morgan fingerprint density at radius 2 is 1.62 bits per heavy atom. The third kappa shape index (κ3) is 6.24. The van der Waals surface area contributed by atoms with E-state index in [4.69, 9.17) is 4.74 Å². The van der Waals surface area contributed by atoms with E-state index in [2.05, 4.69) is 19.2 Å². The standard InChI is InChI=1S/C21H26N2O3/c1-16(2)13-14-22-21(25)15-23(17(3)24)18-9-11-20(12-10-18)26-19-7-5-4-6-8-19/h4-12,16H,13-15H2,1-3H3,(H,22,25). The molecule has 0 aliphatic carbocycles. The molecule has 0 saturated heterocycles. The van der Waals surface area contributed by atoms with Gasteiger partial charge >= 0.3 is 0 Å². The molecular formula is C21H26N2O3. The first kappa shape index (κ1) is 19.5. The van der Waals surface area contributed by atoms with Gasteiger partial charge in [0.05, 0.1) is 0 Å². The number of benzene rings is 2. The molecule has 2 amide bonds. The number of nitrogens with zero attached hydrogens (tertiary/aromatic N) is 1. The molecule has 0 aliphatic heterocycles. The van der Waals surface area contributed by atoms with Crippen LogP contribution in [-0.4, -0.2) is 24.9 Å². The molecular weight excluding hydrogens is 328 g/mol. The number of anilines is 1. The van der Waals surface area contributed by atoms with E-state index in [1.807, 2.05) is 30.3 Å². The molecule has 138 valence electrons. The van der Waals surface area contributed by atoms with Gasteiger partial charge in [0.2, 0.25) is 11.8 Å². The van der Waals surface area contributed by atoms with E-state index in [1.165, 1.54) is 11.8 Å². The first-order valence-electron chi connectivity index (χ1n) is 8.83. The molecule has 2 aromatic carbocycles. The fourth-order valence-electron chi connectivity index (χ4n) is 2.40. The second-order valence-electron chi connectivity index (χ2n) is 6.55. The zero-order chi connectivity index (χ0) is 18.9. The van der Waals surface area contributed by atoms with Gasteiger partial charge in [0, 0.05) is 19.2 Å². The predicted molar refractivity (Wildman–Crippen MR) is 103 cm³/mol. The number of carbonyl (C=O) groups is 2. The van der Waals surface area contributed by atoms with Crippen molar-refractivity contribution < 1.29 is 14.3 Å². The Morgan fingerprint density at radius 1 is 1.00 bits per heavy atom. The Kier molecular flexibility index (Phi) is 7.21. The molecule has 0 heterocycles. The van der Waals surface area contributed by atoms with Crippen LogP contribution in [0.5, 0.6) is 11.5 Å². The fourth-order valence-corrected chi connectivity index (χ4v) is 2.40. The van der Waals surface area contributed by atoms with Crippen molar-refractivity contribution in [3.63, 3.8) is 0 Å². The summed E-state index contributed by atoms with van der Waals surface area (Å²) in [6, 6.07) is 16.6. The lowest BCUT2D eigenvalue weighted by Gasteiger charge is -2.21. The zero-order valence-corrected chi connectivity index (χ0v) is 15.6. The minimum atomic E-state index is -0.180. The van der Waals surface area contributed by atoms with Crippen LogP contribution in [0.15, 0.2) is 54.6 Å². The van der Waals surface area contributed by atoms with Gasteiger partial charge in [-0.15, -0.1) is 0 Å². The first-order chi connectivity index (χ1) is 12.5. The molecule has 0 radical (unpaired) electrons. The van der Waals surface area contributed by atoms with E-state index < -0.39 is 0 Å². The summed E-state index contributed by atoms with van der Waals surface area (Å²) >= 11 is 0. The molecule has 0 fully saturated rings. The van der Waals surface area contributed by atoms with Crippen molar-refractivity contribution in [1.29, 1.82) is 0 Å². The van der Waals surface area contributed by atoms with Gasteiger partial charge in [-0.05, 0) is 48.7 Å². The smallest absolute Gasteiger partial charge is 0.240 e. The summed E-state index contributed by atoms with van der Waals surface area (Å²) in [5, 5.41) is 2.86. The van der Waals surface area contributed by atoms with Crippen LogP contribution in [0, 0.1) is 5.92 Å². The maximum atomic E-state index is 12.1. The molecule has 5 heteroatoms. The minimum Gasteiger partial charge on any atom is -0.457 e. The number of amides is 2. The van der Waals surface area contributed by atoms with E-state index in [-0.39, 0.29) is 18.4 Å². The Balaban J connectivity index is 1.98. The normalized spacial score (nSPS) is 10.5. The van der Waals surface area contributed by atoms with E-state index in [1.54, 1.807) is 24.3 Å². The minimum absolute atomic E-state index is 0.00627. The number of nitrogens with one attached hydrogen (secondary N) is 1. The van der Waals surface area contributed by atoms with Crippen molar-refractivity contribution in [2.24, 2.45) is 5.92 Å². The summed E-state index contributed by atoms with van der Waals surface area (Å²) in [6.45, 7) is 6.29. The average Bonchev–Trinajstić information content (AvgIpc) is 2.61. The highest BCUT2D eigenvalue weighted by molar-refractivity contribution is 5.97. The molecule has 26 heavy (non-hydrogen) atoms. The second kappa shape index (κ2) is 9.61. The monoisotopic (exact) mass is 354 g/mol. The van der Waals surface area contributed by atoms with Gasteiger partial charge in [-0.1, -0.05) is 32.0 Å². The van der Waals surface area contributed by atoms with Crippen LogP contribution in [0.1, 0.15) is 27.2 Å². The van der Waals surface area contributed by atoms with Crippen LogP contribution in [0.4, 0.5) is 5.69 Å². The van der Waals surface area contributed by atoms with Gasteiger partial charge in [0.1, 0.15) is 18.0 Å². The maximum absolute atomic E-state index is 12.1. The highest BCUT2D eigenvalue weighted by atomic mass is 16.5. The van der Waals surface area contributed by atoms with E-state index in [0.29, 0.717) is 23.9 Å². The third-order valence-corrected chi connectivity index (χ3v) is 3.85. The fraction of sp³-hybridized carbons (Fsp3) is 0.333. The molecule has 2 aromatic rings. The Morgan fingerprint density at radius 3 is 2.19 bits per heavy atom. The van der Waals surface area contributed by atoms with Gasteiger partial charge in [-0.25, -0.2) is 0 Å².